The van der Waals surface area contributed by atoms with Crippen molar-refractivity contribution >= 4 is 29.4 Å². The van der Waals surface area contributed by atoms with Crippen molar-refractivity contribution in [1.29, 1.82) is 0 Å². The number of nitrogens with two attached hydrogens (primary N) is 1. The Morgan fingerprint density at radius 3 is 2.45 bits per heavy atom. The second kappa shape index (κ2) is 6.87. The average Bonchev–Trinajstić information content (AvgIpc) is 2.45. The SMILES string of the molecule is CC(C)(N)CNC(=O)c1ccc(C2SCCCS2)cc1. The Bertz CT molecular complexity index is 448. The molecule has 1 aromatic carbocycles. The van der Waals surface area contributed by atoms with Gasteiger partial charge in [0.15, 0.2) is 0 Å². The van der Waals surface area contributed by atoms with Gasteiger partial charge in [-0.2, -0.15) is 0 Å². The van der Waals surface area contributed by atoms with Crippen molar-refractivity contribution in [1.82, 2.24) is 5.32 Å². The fraction of sp³-hybridized carbons (Fsp3) is 0.533. The van der Waals surface area contributed by atoms with E-state index in [4.69, 9.17) is 5.73 Å². The molecule has 1 fully saturated rings. The van der Waals surface area contributed by atoms with Crippen molar-refractivity contribution in [3.8, 4) is 0 Å². The second-order valence-electron chi connectivity index (χ2n) is 5.72. The predicted molar refractivity (Wildman–Crippen MR) is 89.3 cm³/mol. The molecule has 2 rings (SSSR count). The van der Waals surface area contributed by atoms with Gasteiger partial charge < -0.3 is 11.1 Å². The summed E-state index contributed by atoms with van der Waals surface area (Å²) in [4.78, 5) is 12.0. The normalized spacial score (nSPS) is 16.9. The second-order valence-corrected chi connectivity index (χ2v) is 8.44. The van der Waals surface area contributed by atoms with Crippen LogP contribution in [0.5, 0.6) is 0 Å². The lowest BCUT2D eigenvalue weighted by atomic mass is 10.1. The monoisotopic (exact) mass is 310 g/mol. The molecule has 0 atom stereocenters. The van der Waals surface area contributed by atoms with E-state index in [1.165, 1.54) is 23.5 Å². The summed E-state index contributed by atoms with van der Waals surface area (Å²) in [6.07, 6.45) is 1.29. The molecule has 3 nitrogen and oxygen atoms in total. The van der Waals surface area contributed by atoms with Gasteiger partial charge in [-0.25, -0.2) is 0 Å². The van der Waals surface area contributed by atoms with Gasteiger partial charge in [-0.15, -0.1) is 23.5 Å². The number of hydrogen-bond donors (Lipinski definition) is 2. The summed E-state index contributed by atoms with van der Waals surface area (Å²) in [5.74, 6) is 2.40. The fourth-order valence-electron chi connectivity index (χ4n) is 1.88. The van der Waals surface area contributed by atoms with E-state index >= 15 is 0 Å². The standard InChI is InChI=1S/C15H22N2OS2/c1-15(2,16)10-17-13(18)11-4-6-12(7-5-11)14-19-8-3-9-20-14/h4-7,14H,3,8-10,16H2,1-2H3,(H,17,18). The first-order valence-corrected chi connectivity index (χ1v) is 8.96. The number of hydrogen-bond acceptors (Lipinski definition) is 4. The molecule has 0 aliphatic carbocycles. The summed E-state index contributed by atoms with van der Waals surface area (Å²) in [5.41, 5.74) is 7.48. The summed E-state index contributed by atoms with van der Waals surface area (Å²) in [7, 11) is 0. The van der Waals surface area contributed by atoms with E-state index in [1.54, 1.807) is 0 Å². The number of carbonyl (C=O) groups is 1. The van der Waals surface area contributed by atoms with Gasteiger partial charge >= 0.3 is 0 Å². The zero-order chi connectivity index (χ0) is 14.6. The van der Waals surface area contributed by atoms with Gasteiger partial charge in [0.1, 0.15) is 0 Å². The Balaban J connectivity index is 1.95. The van der Waals surface area contributed by atoms with E-state index in [0.717, 1.165) is 0 Å². The molecule has 5 heteroatoms. The van der Waals surface area contributed by atoms with Crippen LogP contribution in [0.4, 0.5) is 0 Å². The number of carbonyl (C=O) groups excluding carboxylic acids is 1. The minimum Gasteiger partial charge on any atom is -0.350 e. The van der Waals surface area contributed by atoms with Crippen LogP contribution >= 0.6 is 23.5 Å². The molecule has 1 amide bonds. The Kier molecular flexibility index (Phi) is 5.41. The third-order valence-corrected chi connectivity index (χ3v) is 5.99. The van der Waals surface area contributed by atoms with Gasteiger partial charge in [0.2, 0.25) is 0 Å². The van der Waals surface area contributed by atoms with E-state index in [2.05, 4.69) is 17.4 Å². The molecule has 1 aromatic rings. The number of rotatable bonds is 4. The highest BCUT2D eigenvalue weighted by molar-refractivity contribution is 8.16. The number of nitrogens with one attached hydrogen (secondary N) is 1. The van der Waals surface area contributed by atoms with Crippen molar-refractivity contribution in [3.05, 3.63) is 35.4 Å². The molecule has 0 bridgehead atoms. The highest BCUT2D eigenvalue weighted by atomic mass is 32.2. The first kappa shape index (κ1) is 15.7. The molecular weight excluding hydrogens is 288 g/mol. The zero-order valence-corrected chi connectivity index (χ0v) is 13.7. The largest absolute Gasteiger partial charge is 0.350 e. The van der Waals surface area contributed by atoms with Crippen molar-refractivity contribution in [2.24, 2.45) is 5.73 Å². The Morgan fingerprint density at radius 2 is 1.90 bits per heavy atom. The lowest BCUT2D eigenvalue weighted by molar-refractivity contribution is 0.0946. The van der Waals surface area contributed by atoms with Crippen LogP contribution in [-0.2, 0) is 0 Å². The Hall–Kier alpha value is -0.650. The van der Waals surface area contributed by atoms with Gasteiger partial charge in [-0.05, 0) is 49.5 Å². The molecule has 1 aliphatic heterocycles. The van der Waals surface area contributed by atoms with Crippen LogP contribution < -0.4 is 11.1 Å². The quantitative estimate of drug-likeness (QED) is 0.897. The van der Waals surface area contributed by atoms with Gasteiger partial charge in [-0.3, -0.25) is 4.79 Å². The molecule has 1 aliphatic rings. The first-order valence-electron chi connectivity index (χ1n) is 6.86. The van der Waals surface area contributed by atoms with Crippen molar-refractivity contribution in [3.63, 3.8) is 0 Å². The van der Waals surface area contributed by atoms with Gasteiger partial charge in [0, 0.05) is 17.6 Å². The topological polar surface area (TPSA) is 55.1 Å². The summed E-state index contributed by atoms with van der Waals surface area (Å²) < 4.78 is 0.517. The summed E-state index contributed by atoms with van der Waals surface area (Å²) >= 11 is 3.98. The molecule has 0 aromatic heterocycles. The van der Waals surface area contributed by atoms with E-state index in [-0.39, 0.29) is 11.4 Å². The maximum Gasteiger partial charge on any atom is 0.251 e. The Morgan fingerprint density at radius 1 is 1.30 bits per heavy atom. The molecule has 1 saturated heterocycles. The predicted octanol–water partition coefficient (Wildman–Crippen LogP) is 3.02. The van der Waals surface area contributed by atoms with E-state index < -0.39 is 0 Å². The summed E-state index contributed by atoms with van der Waals surface area (Å²) in [6, 6.07) is 7.95. The van der Waals surface area contributed by atoms with Crippen molar-refractivity contribution < 1.29 is 4.79 Å². The molecular formula is C15H22N2OS2. The van der Waals surface area contributed by atoms with Crippen molar-refractivity contribution in [2.75, 3.05) is 18.1 Å². The smallest absolute Gasteiger partial charge is 0.251 e. The van der Waals surface area contributed by atoms with Crippen LogP contribution in [0.1, 0.15) is 40.8 Å². The molecule has 3 N–H and O–H groups in total. The minimum absolute atomic E-state index is 0.0565. The van der Waals surface area contributed by atoms with Crippen LogP contribution in [0.3, 0.4) is 0 Å². The lowest BCUT2D eigenvalue weighted by Crippen LogP contribution is -2.45. The molecule has 1 heterocycles. The number of thioether (sulfide) groups is 2. The van der Waals surface area contributed by atoms with Crippen LogP contribution in [0, 0.1) is 0 Å². The van der Waals surface area contributed by atoms with E-state index in [1.807, 2.05) is 49.5 Å². The number of amides is 1. The molecule has 110 valence electrons. The highest BCUT2D eigenvalue weighted by Gasteiger charge is 2.17. The van der Waals surface area contributed by atoms with Gasteiger partial charge in [0.25, 0.3) is 5.91 Å². The molecule has 0 saturated carbocycles. The van der Waals surface area contributed by atoms with E-state index in [0.29, 0.717) is 16.7 Å². The number of benzene rings is 1. The molecule has 0 unspecified atom stereocenters. The van der Waals surface area contributed by atoms with Gasteiger partial charge in [-0.1, -0.05) is 12.1 Å². The molecule has 0 radical (unpaired) electrons. The third-order valence-electron chi connectivity index (χ3n) is 2.98. The van der Waals surface area contributed by atoms with Crippen LogP contribution in [0.25, 0.3) is 0 Å². The average molecular weight is 310 g/mol. The van der Waals surface area contributed by atoms with Gasteiger partial charge in [0.05, 0.1) is 4.58 Å². The Labute approximate surface area is 129 Å². The lowest BCUT2D eigenvalue weighted by Gasteiger charge is -2.21. The van der Waals surface area contributed by atoms with Crippen molar-refractivity contribution in [2.45, 2.75) is 30.4 Å². The maximum atomic E-state index is 12.0. The van der Waals surface area contributed by atoms with Crippen LogP contribution in [0.2, 0.25) is 0 Å². The third kappa shape index (κ3) is 4.72. The van der Waals surface area contributed by atoms with Crippen LogP contribution in [0.15, 0.2) is 24.3 Å². The first-order chi connectivity index (χ1) is 9.46. The highest BCUT2D eigenvalue weighted by Crippen LogP contribution is 2.43. The fourth-order valence-corrected chi connectivity index (χ4v) is 4.78. The zero-order valence-electron chi connectivity index (χ0n) is 12.0. The summed E-state index contributed by atoms with van der Waals surface area (Å²) in [5, 5.41) is 2.86. The van der Waals surface area contributed by atoms with Crippen LogP contribution in [-0.4, -0.2) is 29.5 Å². The van der Waals surface area contributed by atoms with E-state index in [9.17, 15) is 4.79 Å². The summed E-state index contributed by atoms with van der Waals surface area (Å²) in [6.45, 7) is 4.27. The maximum absolute atomic E-state index is 12.0. The molecule has 20 heavy (non-hydrogen) atoms. The minimum atomic E-state index is -0.384. The molecule has 0 spiro atoms.